The number of aromatic nitrogens is 4. The number of fused-ring (bicyclic) bond motifs is 2. The van der Waals surface area contributed by atoms with Crippen LogP contribution in [0.2, 0.25) is 0 Å². The van der Waals surface area contributed by atoms with Crippen LogP contribution in [0.1, 0.15) is 37.3 Å². The highest BCUT2D eigenvalue weighted by Crippen LogP contribution is 2.40. The van der Waals surface area contributed by atoms with Crippen molar-refractivity contribution >= 4 is 55.6 Å². The van der Waals surface area contributed by atoms with E-state index in [9.17, 15) is 0 Å². The smallest absolute Gasteiger partial charge is 0.300 e. The third-order valence-corrected chi connectivity index (χ3v) is 9.45. The van der Waals surface area contributed by atoms with E-state index in [0.717, 1.165) is 78.5 Å². The van der Waals surface area contributed by atoms with Gasteiger partial charge in [-0.2, -0.15) is 4.98 Å². The molecule has 2 aromatic carbocycles. The Morgan fingerprint density at radius 1 is 1.02 bits per heavy atom. The Morgan fingerprint density at radius 2 is 1.79 bits per heavy atom. The zero-order valence-corrected chi connectivity index (χ0v) is 25.4. The largest absolute Gasteiger partial charge is 0.422 e. The van der Waals surface area contributed by atoms with Crippen LogP contribution in [-0.4, -0.2) is 68.6 Å². The third-order valence-electron chi connectivity index (χ3n) is 8.86. The summed E-state index contributed by atoms with van der Waals surface area (Å²) in [5, 5.41) is 3.75. The lowest BCUT2D eigenvalue weighted by molar-refractivity contribution is 0.0828. The fraction of sp³-hybridized carbons (Fsp3) is 0.387. The lowest BCUT2D eigenvalue weighted by atomic mass is 9.89. The number of hydrogen-bond donors (Lipinski definition) is 2. The molecule has 1 aliphatic carbocycles. The standard InChI is InChI=1S/C31H34BrFN8O/c1-18-13-23(32)28-26(14-18)38-31(42-28)37-25-8-3-19(15-24(25)33)22-16-41(30-27(22)29(34)35-17-36-30)21-6-4-20(5-7-21)40-11-9-39(2)10-12-40/h3,8,13-17,20-21H,4-7,9-12H2,1-2H3,(H,37,38)(H2,34,35,36). The maximum atomic E-state index is 15.5. The molecule has 0 atom stereocenters. The summed E-state index contributed by atoms with van der Waals surface area (Å²) in [7, 11) is 2.20. The second-order valence-corrected chi connectivity index (χ2v) is 12.5. The summed E-state index contributed by atoms with van der Waals surface area (Å²) in [6.45, 7) is 6.55. The number of anilines is 3. The van der Waals surface area contributed by atoms with Crippen molar-refractivity contribution < 1.29 is 8.81 Å². The Bertz CT molecular complexity index is 1770. The number of likely N-dealkylation sites (N-methyl/N-ethyl adjacent to an activating group) is 1. The molecule has 4 heterocycles. The van der Waals surface area contributed by atoms with E-state index < -0.39 is 5.82 Å². The number of benzene rings is 2. The van der Waals surface area contributed by atoms with Gasteiger partial charge in [0.1, 0.15) is 29.1 Å². The maximum absolute atomic E-state index is 15.5. The van der Waals surface area contributed by atoms with Crippen LogP contribution < -0.4 is 11.1 Å². The Hall–Kier alpha value is -3.54. The van der Waals surface area contributed by atoms with E-state index in [-0.39, 0.29) is 11.7 Å². The van der Waals surface area contributed by atoms with E-state index in [1.54, 1.807) is 6.07 Å². The first-order valence-electron chi connectivity index (χ1n) is 14.5. The number of nitrogens with one attached hydrogen (secondary N) is 1. The van der Waals surface area contributed by atoms with Crippen LogP contribution in [0, 0.1) is 12.7 Å². The highest BCUT2D eigenvalue weighted by molar-refractivity contribution is 9.10. The van der Waals surface area contributed by atoms with Crippen molar-refractivity contribution in [2.45, 2.75) is 44.7 Å². The molecule has 2 fully saturated rings. The molecule has 3 N–H and O–H groups in total. The van der Waals surface area contributed by atoms with Gasteiger partial charge in [-0.25, -0.2) is 14.4 Å². The summed E-state index contributed by atoms with van der Waals surface area (Å²) in [5.74, 6) is -0.0242. The quantitative estimate of drug-likeness (QED) is 0.226. The predicted molar refractivity (Wildman–Crippen MR) is 167 cm³/mol. The first kappa shape index (κ1) is 27.3. The molecular formula is C31H34BrFN8O. The second-order valence-electron chi connectivity index (χ2n) is 11.6. The normalized spacial score (nSPS) is 20.5. The minimum absolute atomic E-state index is 0.226. The Kier molecular flexibility index (Phi) is 7.11. The molecule has 9 nitrogen and oxygen atoms in total. The molecule has 0 radical (unpaired) electrons. The van der Waals surface area contributed by atoms with Crippen LogP contribution in [0.5, 0.6) is 0 Å². The summed E-state index contributed by atoms with van der Waals surface area (Å²) in [4.78, 5) is 18.5. The summed E-state index contributed by atoms with van der Waals surface area (Å²) in [5.41, 5.74) is 11.4. The van der Waals surface area contributed by atoms with Gasteiger partial charge in [0.25, 0.3) is 6.01 Å². The molecule has 1 saturated carbocycles. The number of hydrogen-bond acceptors (Lipinski definition) is 8. The highest BCUT2D eigenvalue weighted by atomic mass is 79.9. The number of piperazine rings is 1. The maximum Gasteiger partial charge on any atom is 0.300 e. The molecule has 5 aromatic rings. The first-order valence-corrected chi connectivity index (χ1v) is 15.3. The van der Waals surface area contributed by atoms with Gasteiger partial charge in [0, 0.05) is 50.0 Å². The predicted octanol–water partition coefficient (Wildman–Crippen LogP) is 6.51. The van der Waals surface area contributed by atoms with E-state index in [1.165, 1.54) is 12.4 Å². The monoisotopic (exact) mass is 632 g/mol. The van der Waals surface area contributed by atoms with E-state index in [4.69, 9.17) is 10.2 Å². The van der Waals surface area contributed by atoms with Gasteiger partial charge in [0.2, 0.25) is 0 Å². The van der Waals surface area contributed by atoms with Crippen LogP contribution in [-0.2, 0) is 0 Å². The van der Waals surface area contributed by atoms with Gasteiger partial charge in [-0.15, -0.1) is 0 Å². The van der Waals surface area contributed by atoms with E-state index in [1.807, 2.05) is 25.1 Å². The average molecular weight is 634 g/mol. The molecule has 218 valence electrons. The van der Waals surface area contributed by atoms with E-state index >= 15 is 4.39 Å². The minimum Gasteiger partial charge on any atom is -0.422 e. The second kappa shape index (κ2) is 10.9. The molecule has 42 heavy (non-hydrogen) atoms. The zero-order valence-electron chi connectivity index (χ0n) is 23.8. The van der Waals surface area contributed by atoms with Gasteiger partial charge < -0.3 is 24.9 Å². The number of nitrogens with zero attached hydrogens (tertiary/aromatic N) is 6. The van der Waals surface area contributed by atoms with Crippen LogP contribution in [0.15, 0.2) is 51.7 Å². The molecule has 1 aliphatic heterocycles. The number of oxazole rings is 1. The number of aryl methyl sites for hydroxylation is 1. The first-order chi connectivity index (χ1) is 20.3. The zero-order chi connectivity index (χ0) is 29.0. The van der Waals surface area contributed by atoms with Gasteiger partial charge in [0.15, 0.2) is 5.58 Å². The summed E-state index contributed by atoms with van der Waals surface area (Å²) in [6, 6.07) is 10.1. The van der Waals surface area contributed by atoms with Crippen molar-refractivity contribution in [3.05, 3.63) is 58.7 Å². The molecule has 11 heteroatoms. The minimum atomic E-state index is -0.422. The summed E-state index contributed by atoms with van der Waals surface area (Å²) < 4.78 is 24.4. The SMILES string of the molecule is Cc1cc(Br)c2oc(Nc3ccc(-c4cn(C5CCC(N6CCN(C)CC6)CC5)c5ncnc(N)c45)cc3F)nc2c1. The molecule has 2 aliphatic rings. The Balaban J connectivity index is 1.15. The van der Waals surface area contributed by atoms with Crippen LogP contribution >= 0.6 is 15.9 Å². The molecule has 7 rings (SSSR count). The van der Waals surface area contributed by atoms with Crippen molar-refractivity contribution in [1.29, 1.82) is 0 Å². The van der Waals surface area contributed by atoms with Crippen molar-refractivity contribution in [3.8, 4) is 11.1 Å². The topological polar surface area (TPSA) is 101 Å². The van der Waals surface area contributed by atoms with Gasteiger partial charge in [-0.05, 0) is 91.0 Å². The fourth-order valence-electron chi connectivity index (χ4n) is 6.57. The van der Waals surface area contributed by atoms with Gasteiger partial charge in [-0.1, -0.05) is 6.07 Å². The Labute approximate surface area is 252 Å². The number of nitrogens with two attached hydrogens (primary N) is 1. The van der Waals surface area contributed by atoms with Crippen molar-refractivity contribution in [1.82, 2.24) is 29.3 Å². The molecule has 0 unspecified atom stereocenters. The molecular weight excluding hydrogens is 599 g/mol. The average Bonchev–Trinajstić information content (AvgIpc) is 3.57. The van der Waals surface area contributed by atoms with Crippen LogP contribution in [0.4, 0.5) is 21.9 Å². The molecule has 0 bridgehead atoms. The fourth-order valence-corrected chi connectivity index (χ4v) is 7.22. The van der Waals surface area contributed by atoms with E-state index in [2.05, 4.69) is 63.8 Å². The number of halogens is 2. The van der Waals surface area contributed by atoms with Crippen LogP contribution in [0.25, 0.3) is 33.3 Å². The number of rotatable bonds is 5. The van der Waals surface area contributed by atoms with E-state index in [0.29, 0.717) is 34.6 Å². The van der Waals surface area contributed by atoms with Gasteiger partial charge in [0.05, 0.1) is 15.5 Å². The lowest BCUT2D eigenvalue weighted by Gasteiger charge is -2.41. The van der Waals surface area contributed by atoms with Crippen molar-refractivity contribution in [3.63, 3.8) is 0 Å². The third kappa shape index (κ3) is 5.03. The van der Waals surface area contributed by atoms with Crippen molar-refractivity contribution in [2.75, 3.05) is 44.3 Å². The highest BCUT2D eigenvalue weighted by Gasteiger charge is 2.30. The van der Waals surface area contributed by atoms with Crippen LogP contribution in [0.3, 0.4) is 0 Å². The molecule has 1 saturated heterocycles. The Morgan fingerprint density at radius 3 is 2.55 bits per heavy atom. The summed E-state index contributed by atoms with van der Waals surface area (Å²) in [6.07, 6.45) is 8.06. The lowest BCUT2D eigenvalue weighted by Crippen LogP contribution is -2.49. The summed E-state index contributed by atoms with van der Waals surface area (Å²) >= 11 is 3.51. The molecule has 3 aromatic heterocycles. The molecule has 0 amide bonds. The van der Waals surface area contributed by atoms with Gasteiger partial charge in [-0.3, -0.25) is 4.90 Å². The molecule has 0 spiro atoms. The van der Waals surface area contributed by atoms with Crippen molar-refractivity contribution in [2.24, 2.45) is 0 Å². The number of nitrogen functional groups attached to an aromatic ring is 1. The van der Waals surface area contributed by atoms with Gasteiger partial charge >= 0.3 is 0 Å².